The van der Waals surface area contributed by atoms with E-state index in [0.29, 0.717) is 45.6 Å². The van der Waals surface area contributed by atoms with Crippen molar-refractivity contribution >= 4 is 69.8 Å². The van der Waals surface area contributed by atoms with Gasteiger partial charge in [0.05, 0.1) is 39.3 Å². The van der Waals surface area contributed by atoms with E-state index in [4.69, 9.17) is 34.8 Å². The zero-order chi connectivity index (χ0) is 22.8. The van der Waals surface area contributed by atoms with Crippen molar-refractivity contribution in [3.63, 3.8) is 0 Å². The Kier molecular flexibility index (Phi) is 6.50. The van der Waals surface area contributed by atoms with Crippen LogP contribution < -0.4 is 5.43 Å². The molecule has 0 radical (unpaired) electrons. The first-order valence-electron chi connectivity index (χ1n) is 9.81. The number of hydrogen-bond donors (Lipinski definition) is 2. The van der Waals surface area contributed by atoms with E-state index in [1.165, 1.54) is 12.4 Å². The van der Waals surface area contributed by atoms with E-state index in [1.54, 1.807) is 16.7 Å². The predicted molar refractivity (Wildman–Crippen MR) is 130 cm³/mol. The van der Waals surface area contributed by atoms with Gasteiger partial charge in [-0.15, -0.1) is 0 Å². The number of nitrogens with one attached hydrogen (secondary N) is 1. The summed E-state index contributed by atoms with van der Waals surface area (Å²) in [5.74, 6) is -0.00956. The van der Waals surface area contributed by atoms with E-state index < -0.39 is 0 Å². The first kappa shape index (κ1) is 22.3. The molecule has 7 nitrogen and oxygen atoms in total. The summed E-state index contributed by atoms with van der Waals surface area (Å²) in [6, 6.07) is 8.89. The Hall–Kier alpha value is -2.87. The number of carbonyl (C=O) groups excluding carboxylic acids is 1. The highest BCUT2D eigenvalue weighted by Crippen LogP contribution is 2.32. The molecular formula is C22H18Cl3N5O2. The molecular weight excluding hydrogens is 473 g/mol. The third-order valence-electron chi connectivity index (χ3n) is 5.11. The molecule has 0 fully saturated rings. The summed E-state index contributed by atoms with van der Waals surface area (Å²) in [6.45, 7) is 2.50. The standard InChI is InChI=1S/C22H18Cl3N5O2/c1-2-30-20-7-12(19-5-6-21(31)29-28-19)3-4-14(20)15(22(30)32)10-26-27-11-16-17(24)8-13(23)9-18(16)25/h3-4,7-11,32H,2,5-6H2,1H3,(H,29,31)/b26-10+,27-11?. The third kappa shape index (κ3) is 4.37. The Bertz CT molecular complexity index is 1290. The lowest BCUT2D eigenvalue weighted by Crippen LogP contribution is -2.25. The third-order valence-corrected chi connectivity index (χ3v) is 5.96. The van der Waals surface area contributed by atoms with Gasteiger partial charge in [-0.1, -0.05) is 46.9 Å². The number of aryl methyl sites for hydroxylation is 1. The van der Waals surface area contributed by atoms with Crippen LogP contribution in [-0.4, -0.2) is 33.7 Å². The van der Waals surface area contributed by atoms with Gasteiger partial charge in [0.2, 0.25) is 11.8 Å². The van der Waals surface area contributed by atoms with E-state index in [1.807, 2.05) is 25.1 Å². The van der Waals surface area contributed by atoms with Crippen LogP contribution in [0.25, 0.3) is 10.9 Å². The molecule has 0 aliphatic carbocycles. The Morgan fingerprint density at radius 1 is 1.09 bits per heavy atom. The van der Waals surface area contributed by atoms with Crippen LogP contribution in [0.1, 0.15) is 36.5 Å². The molecule has 2 aromatic carbocycles. The second kappa shape index (κ2) is 9.32. The molecule has 1 aromatic heterocycles. The molecule has 0 unspecified atom stereocenters. The average molecular weight is 491 g/mol. The van der Waals surface area contributed by atoms with Gasteiger partial charge < -0.3 is 9.67 Å². The van der Waals surface area contributed by atoms with Gasteiger partial charge in [-0.3, -0.25) is 4.79 Å². The lowest BCUT2D eigenvalue weighted by molar-refractivity contribution is -0.121. The molecule has 1 aliphatic heterocycles. The molecule has 2 N–H and O–H groups in total. The van der Waals surface area contributed by atoms with Gasteiger partial charge in [-0.2, -0.15) is 15.3 Å². The van der Waals surface area contributed by atoms with Gasteiger partial charge in [0.15, 0.2) is 0 Å². The van der Waals surface area contributed by atoms with Crippen molar-refractivity contribution in [1.82, 2.24) is 9.99 Å². The molecule has 2 heterocycles. The monoisotopic (exact) mass is 489 g/mol. The minimum atomic E-state index is -0.0929. The number of halogens is 3. The fourth-order valence-corrected chi connectivity index (χ4v) is 4.45. The molecule has 3 aromatic rings. The second-order valence-electron chi connectivity index (χ2n) is 7.08. The van der Waals surface area contributed by atoms with Crippen LogP contribution in [-0.2, 0) is 11.3 Å². The normalized spacial score (nSPS) is 14.5. The van der Waals surface area contributed by atoms with E-state index >= 15 is 0 Å². The lowest BCUT2D eigenvalue weighted by Gasteiger charge is -2.12. The maximum atomic E-state index is 11.4. The number of hydrogen-bond acceptors (Lipinski definition) is 5. The maximum Gasteiger partial charge on any atom is 0.240 e. The zero-order valence-electron chi connectivity index (χ0n) is 16.9. The average Bonchev–Trinajstić information content (AvgIpc) is 3.03. The van der Waals surface area contributed by atoms with Gasteiger partial charge in [0, 0.05) is 35.4 Å². The maximum absolute atomic E-state index is 11.4. The van der Waals surface area contributed by atoms with Crippen molar-refractivity contribution in [2.45, 2.75) is 26.3 Å². The van der Waals surface area contributed by atoms with Gasteiger partial charge in [-0.05, 0) is 30.7 Å². The van der Waals surface area contributed by atoms with Crippen molar-refractivity contribution in [2.24, 2.45) is 15.3 Å². The molecule has 164 valence electrons. The minimum absolute atomic E-state index is 0.0834. The first-order chi connectivity index (χ1) is 15.4. The van der Waals surface area contributed by atoms with Crippen LogP contribution in [0.3, 0.4) is 0 Å². The van der Waals surface area contributed by atoms with Crippen LogP contribution in [0.4, 0.5) is 0 Å². The zero-order valence-corrected chi connectivity index (χ0v) is 19.2. The number of rotatable bonds is 5. The smallest absolute Gasteiger partial charge is 0.240 e. The largest absolute Gasteiger partial charge is 0.494 e. The number of fused-ring (bicyclic) bond motifs is 1. The van der Waals surface area contributed by atoms with Gasteiger partial charge in [-0.25, -0.2) is 5.43 Å². The number of hydrazone groups is 1. The summed E-state index contributed by atoms with van der Waals surface area (Å²) < 4.78 is 1.78. The lowest BCUT2D eigenvalue weighted by atomic mass is 10.0. The van der Waals surface area contributed by atoms with Crippen molar-refractivity contribution in [1.29, 1.82) is 0 Å². The molecule has 0 spiro atoms. The Morgan fingerprint density at radius 2 is 1.78 bits per heavy atom. The van der Waals surface area contributed by atoms with Crippen LogP contribution in [0.2, 0.25) is 15.1 Å². The predicted octanol–water partition coefficient (Wildman–Crippen LogP) is 5.39. The summed E-state index contributed by atoms with van der Waals surface area (Å²) in [6.07, 6.45) is 3.88. The fraction of sp³-hybridized carbons (Fsp3) is 0.182. The summed E-state index contributed by atoms with van der Waals surface area (Å²) in [5, 5.41) is 25.0. The highest BCUT2D eigenvalue weighted by atomic mass is 35.5. The second-order valence-corrected chi connectivity index (χ2v) is 8.33. The number of aromatic nitrogens is 1. The van der Waals surface area contributed by atoms with E-state index in [0.717, 1.165) is 22.2 Å². The van der Waals surface area contributed by atoms with Gasteiger partial charge >= 0.3 is 0 Å². The summed E-state index contributed by atoms with van der Waals surface area (Å²) in [5.41, 5.74) is 6.07. The fourth-order valence-electron chi connectivity index (χ4n) is 3.53. The van der Waals surface area contributed by atoms with E-state index in [-0.39, 0.29) is 11.8 Å². The van der Waals surface area contributed by atoms with E-state index in [9.17, 15) is 9.90 Å². The molecule has 0 saturated heterocycles. The van der Waals surface area contributed by atoms with Crippen molar-refractivity contribution in [3.8, 4) is 5.88 Å². The number of aromatic hydroxyl groups is 1. The van der Waals surface area contributed by atoms with Crippen LogP contribution in [0.15, 0.2) is 45.6 Å². The van der Waals surface area contributed by atoms with Crippen LogP contribution in [0.5, 0.6) is 5.88 Å². The van der Waals surface area contributed by atoms with Gasteiger partial charge in [0.1, 0.15) is 0 Å². The first-order valence-corrected chi connectivity index (χ1v) is 10.9. The Balaban J connectivity index is 1.67. The molecule has 0 atom stereocenters. The summed E-state index contributed by atoms with van der Waals surface area (Å²) in [4.78, 5) is 11.4. The SMILES string of the molecule is CCn1c(O)c(/C=N/N=Cc2c(Cl)cc(Cl)cc2Cl)c2ccc(C3=NNC(=O)CC3)cc21. The molecule has 4 rings (SSSR count). The highest BCUT2D eigenvalue weighted by Gasteiger charge is 2.18. The van der Waals surface area contributed by atoms with Crippen LogP contribution in [0, 0.1) is 0 Å². The molecule has 0 saturated carbocycles. The number of nitrogens with zero attached hydrogens (tertiary/aromatic N) is 4. The number of benzene rings is 2. The quantitative estimate of drug-likeness (QED) is 0.370. The number of amides is 1. The molecule has 1 amide bonds. The topological polar surface area (TPSA) is 91.3 Å². The Labute approximate surface area is 199 Å². The Morgan fingerprint density at radius 3 is 2.41 bits per heavy atom. The molecule has 10 heteroatoms. The molecule has 1 aliphatic rings. The van der Waals surface area contributed by atoms with Crippen molar-refractivity contribution < 1.29 is 9.90 Å². The van der Waals surface area contributed by atoms with Crippen molar-refractivity contribution in [3.05, 3.63) is 62.1 Å². The van der Waals surface area contributed by atoms with Crippen LogP contribution >= 0.6 is 34.8 Å². The van der Waals surface area contributed by atoms with Gasteiger partial charge in [0.25, 0.3) is 0 Å². The summed E-state index contributed by atoms with van der Waals surface area (Å²) >= 11 is 18.2. The van der Waals surface area contributed by atoms with Crippen molar-refractivity contribution in [2.75, 3.05) is 0 Å². The molecule has 0 bridgehead atoms. The highest BCUT2D eigenvalue weighted by molar-refractivity contribution is 6.41. The minimum Gasteiger partial charge on any atom is -0.494 e. The summed E-state index contributed by atoms with van der Waals surface area (Å²) in [7, 11) is 0. The molecule has 32 heavy (non-hydrogen) atoms. The van der Waals surface area contributed by atoms with E-state index in [2.05, 4.69) is 20.7 Å². The number of carbonyl (C=O) groups is 1.